The van der Waals surface area contributed by atoms with Crippen LogP contribution in [0.25, 0.3) is 0 Å². The second-order valence-corrected chi connectivity index (χ2v) is 4.98. The van der Waals surface area contributed by atoms with E-state index in [4.69, 9.17) is 10.5 Å². The van der Waals surface area contributed by atoms with Crippen molar-refractivity contribution in [2.24, 2.45) is 0 Å². The van der Waals surface area contributed by atoms with E-state index in [0.29, 0.717) is 28.1 Å². The van der Waals surface area contributed by atoms with E-state index in [1.165, 1.54) is 0 Å². The second kappa shape index (κ2) is 6.38. The number of carbonyl (C=O) groups is 1. The van der Waals surface area contributed by atoms with E-state index >= 15 is 0 Å². The molecule has 0 aliphatic heterocycles. The highest BCUT2D eigenvalue weighted by molar-refractivity contribution is 9.10. The van der Waals surface area contributed by atoms with Gasteiger partial charge in [0.15, 0.2) is 0 Å². The maximum absolute atomic E-state index is 12.0. The number of rotatable bonds is 4. The molecule has 104 valence electrons. The molecule has 20 heavy (non-hydrogen) atoms. The topological polar surface area (TPSA) is 77.2 Å². The smallest absolute Gasteiger partial charge is 0.251 e. The van der Waals surface area contributed by atoms with Crippen LogP contribution in [0.2, 0.25) is 0 Å². The molecule has 1 aromatic heterocycles. The van der Waals surface area contributed by atoms with E-state index in [1.54, 1.807) is 37.6 Å². The lowest BCUT2D eigenvalue weighted by atomic mass is 10.2. The summed E-state index contributed by atoms with van der Waals surface area (Å²) in [5, 5.41) is 2.83. The van der Waals surface area contributed by atoms with Crippen molar-refractivity contribution in [3.63, 3.8) is 0 Å². The fourth-order valence-corrected chi connectivity index (χ4v) is 2.00. The van der Waals surface area contributed by atoms with Gasteiger partial charge in [-0.1, -0.05) is 0 Å². The number of aromatic nitrogens is 1. The maximum atomic E-state index is 12.0. The third-order valence-electron chi connectivity index (χ3n) is 2.72. The Balaban J connectivity index is 2.02. The standard InChI is InChI=1S/C14H14BrN3O2/c1-20-13-6-9(4-5-17-13)8-18-14(19)10-2-3-12(16)11(15)7-10/h2-7H,8,16H2,1H3,(H,18,19). The zero-order valence-corrected chi connectivity index (χ0v) is 12.5. The molecular formula is C14H14BrN3O2. The van der Waals surface area contributed by atoms with Crippen LogP contribution in [-0.2, 0) is 6.54 Å². The number of methoxy groups -OCH3 is 1. The molecule has 5 nitrogen and oxygen atoms in total. The molecule has 0 unspecified atom stereocenters. The van der Waals surface area contributed by atoms with Crippen LogP contribution in [0.4, 0.5) is 5.69 Å². The highest BCUT2D eigenvalue weighted by atomic mass is 79.9. The second-order valence-electron chi connectivity index (χ2n) is 4.13. The van der Waals surface area contributed by atoms with E-state index in [2.05, 4.69) is 26.2 Å². The van der Waals surface area contributed by atoms with Gasteiger partial charge in [0, 0.05) is 34.5 Å². The van der Waals surface area contributed by atoms with Crippen LogP contribution < -0.4 is 15.8 Å². The van der Waals surface area contributed by atoms with Gasteiger partial charge >= 0.3 is 0 Å². The molecule has 0 aliphatic rings. The number of nitrogens with one attached hydrogen (secondary N) is 1. The van der Waals surface area contributed by atoms with E-state index in [9.17, 15) is 4.79 Å². The van der Waals surface area contributed by atoms with Crippen LogP contribution in [-0.4, -0.2) is 18.0 Å². The van der Waals surface area contributed by atoms with Gasteiger partial charge in [-0.3, -0.25) is 4.79 Å². The van der Waals surface area contributed by atoms with Crippen molar-refractivity contribution in [2.75, 3.05) is 12.8 Å². The predicted molar refractivity (Wildman–Crippen MR) is 80.5 cm³/mol. The van der Waals surface area contributed by atoms with Gasteiger partial charge in [0.25, 0.3) is 5.91 Å². The van der Waals surface area contributed by atoms with Crippen LogP contribution in [0.15, 0.2) is 41.0 Å². The zero-order chi connectivity index (χ0) is 14.5. The lowest BCUT2D eigenvalue weighted by Crippen LogP contribution is -2.22. The van der Waals surface area contributed by atoms with E-state index < -0.39 is 0 Å². The van der Waals surface area contributed by atoms with Gasteiger partial charge in [-0.2, -0.15) is 0 Å². The molecule has 0 fully saturated rings. The third-order valence-corrected chi connectivity index (χ3v) is 3.41. The Bertz CT molecular complexity index is 632. The Kier molecular flexibility index (Phi) is 4.57. The van der Waals surface area contributed by atoms with Gasteiger partial charge in [0.05, 0.1) is 7.11 Å². The van der Waals surface area contributed by atoms with Crippen LogP contribution >= 0.6 is 15.9 Å². The van der Waals surface area contributed by atoms with Crippen LogP contribution in [0.1, 0.15) is 15.9 Å². The van der Waals surface area contributed by atoms with Gasteiger partial charge in [0.2, 0.25) is 5.88 Å². The van der Waals surface area contributed by atoms with Crippen molar-refractivity contribution in [1.82, 2.24) is 10.3 Å². The van der Waals surface area contributed by atoms with Gasteiger partial charge in [-0.05, 0) is 45.8 Å². The molecular weight excluding hydrogens is 322 g/mol. The molecule has 0 bridgehead atoms. The largest absolute Gasteiger partial charge is 0.481 e. The molecule has 1 aromatic carbocycles. The first-order valence-electron chi connectivity index (χ1n) is 5.92. The van der Waals surface area contributed by atoms with Gasteiger partial charge in [0.1, 0.15) is 0 Å². The zero-order valence-electron chi connectivity index (χ0n) is 10.9. The number of anilines is 1. The lowest BCUT2D eigenvalue weighted by Gasteiger charge is -2.07. The summed E-state index contributed by atoms with van der Waals surface area (Å²) in [6.07, 6.45) is 1.64. The molecule has 0 atom stereocenters. The molecule has 3 N–H and O–H groups in total. The number of ether oxygens (including phenoxy) is 1. The number of amides is 1. The Hall–Kier alpha value is -2.08. The van der Waals surface area contributed by atoms with Crippen molar-refractivity contribution in [2.45, 2.75) is 6.54 Å². The summed E-state index contributed by atoms with van der Waals surface area (Å²) in [6.45, 7) is 0.402. The number of hydrogen-bond donors (Lipinski definition) is 2. The Morgan fingerprint density at radius 2 is 2.20 bits per heavy atom. The van der Waals surface area contributed by atoms with E-state index in [1.807, 2.05) is 6.07 Å². The van der Waals surface area contributed by atoms with Crippen LogP contribution in [0, 0.1) is 0 Å². The molecule has 2 rings (SSSR count). The molecule has 0 radical (unpaired) electrons. The number of hydrogen-bond acceptors (Lipinski definition) is 4. The van der Waals surface area contributed by atoms with Crippen molar-refractivity contribution in [1.29, 1.82) is 0 Å². The first-order chi connectivity index (χ1) is 9.60. The summed E-state index contributed by atoms with van der Waals surface area (Å²) in [7, 11) is 1.55. The molecule has 1 heterocycles. The molecule has 0 saturated heterocycles. The minimum Gasteiger partial charge on any atom is -0.481 e. The average molecular weight is 336 g/mol. The quantitative estimate of drug-likeness (QED) is 0.841. The average Bonchev–Trinajstić information content (AvgIpc) is 2.47. The molecule has 0 saturated carbocycles. The summed E-state index contributed by atoms with van der Waals surface area (Å²) >= 11 is 3.30. The highest BCUT2D eigenvalue weighted by Gasteiger charge is 2.07. The number of pyridine rings is 1. The monoisotopic (exact) mass is 335 g/mol. The summed E-state index contributed by atoms with van der Waals surface area (Å²) < 4.78 is 5.74. The van der Waals surface area contributed by atoms with Crippen molar-refractivity contribution in [3.8, 4) is 5.88 Å². The van der Waals surface area contributed by atoms with Gasteiger partial charge in [-0.15, -0.1) is 0 Å². The maximum Gasteiger partial charge on any atom is 0.251 e. The number of nitrogen functional groups attached to an aromatic ring is 1. The number of carbonyl (C=O) groups excluding carboxylic acids is 1. The summed E-state index contributed by atoms with van der Waals surface area (Å²) in [6, 6.07) is 8.66. The first kappa shape index (κ1) is 14.3. The number of nitrogens with two attached hydrogens (primary N) is 1. The summed E-state index contributed by atoms with van der Waals surface area (Å²) in [4.78, 5) is 16.0. The number of benzene rings is 1. The van der Waals surface area contributed by atoms with Crippen molar-refractivity contribution >= 4 is 27.5 Å². The van der Waals surface area contributed by atoms with Gasteiger partial charge in [-0.25, -0.2) is 4.98 Å². The SMILES string of the molecule is COc1cc(CNC(=O)c2ccc(N)c(Br)c2)ccn1. The van der Waals surface area contributed by atoms with E-state index in [-0.39, 0.29) is 5.91 Å². The van der Waals surface area contributed by atoms with Gasteiger partial charge < -0.3 is 15.8 Å². The number of halogens is 1. The molecule has 0 spiro atoms. The summed E-state index contributed by atoms with van der Waals surface area (Å²) in [5.41, 5.74) is 7.75. The van der Waals surface area contributed by atoms with Crippen LogP contribution in [0.5, 0.6) is 5.88 Å². The Labute approximate surface area is 125 Å². The van der Waals surface area contributed by atoms with Crippen molar-refractivity contribution < 1.29 is 9.53 Å². The predicted octanol–water partition coefficient (Wildman–Crippen LogP) is 2.36. The normalized spacial score (nSPS) is 10.1. The van der Waals surface area contributed by atoms with E-state index in [0.717, 1.165) is 5.56 Å². The molecule has 1 amide bonds. The molecule has 2 aromatic rings. The fraction of sp³-hybridized carbons (Fsp3) is 0.143. The van der Waals surface area contributed by atoms with Crippen molar-refractivity contribution in [3.05, 3.63) is 52.1 Å². The summed E-state index contributed by atoms with van der Waals surface area (Å²) in [5.74, 6) is 0.355. The minimum absolute atomic E-state index is 0.165. The fourth-order valence-electron chi connectivity index (χ4n) is 1.62. The first-order valence-corrected chi connectivity index (χ1v) is 6.71. The van der Waals surface area contributed by atoms with Crippen LogP contribution in [0.3, 0.4) is 0 Å². The Morgan fingerprint density at radius 3 is 2.90 bits per heavy atom. The molecule has 0 aliphatic carbocycles. The minimum atomic E-state index is -0.165. The Morgan fingerprint density at radius 1 is 1.40 bits per heavy atom. The third kappa shape index (κ3) is 3.48. The molecule has 6 heteroatoms. The highest BCUT2D eigenvalue weighted by Crippen LogP contribution is 2.20. The lowest BCUT2D eigenvalue weighted by molar-refractivity contribution is 0.0951. The number of nitrogens with zero attached hydrogens (tertiary/aromatic N) is 1.